The highest BCUT2D eigenvalue weighted by atomic mass is 79.9. The molecular formula is C15H19BrO4. The summed E-state index contributed by atoms with van der Waals surface area (Å²) < 4.78 is 10.3. The van der Waals surface area contributed by atoms with Crippen molar-refractivity contribution in [3.8, 4) is 11.5 Å². The van der Waals surface area contributed by atoms with Crippen LogP contribution in [0.5, 0.6) is 11.5 Å². The number of carbonyl (C=O) groups excluding carboxylic acids is 1. The zero-order chi connectivity index (χ0) is 15.3. The van der Waals surface area contributed by atoms with Crippen molar-refractivity contribution in [3.63, 3.8) is 0 Å². The molecular weight excluding hydrogens is 324 g/mol. The van der Waals surface area contributed by atoms with Crippen LogP contribution in [0.15, 0.2) is 18.2 Å². The molecule has 1 aromatic carbocycles. The van der Waals surface area contributed by atoms with Crippen molar-refractivity contribution >= 4 is 28.0 Å². The van der Waals surface area contributed by atoms with Gasteiger partial charge in [-0.1, -0.05) is 22.0 Å². The minimum Gasteiger partial charge on any atom is -0.504 e. The summed E-state index contributed by atoms with van der Waals surface area (Å²) >= 11 is 3.47. The first kappa shape index (κ1) is 16.6. The Morgan fingerprint density at radius 1 is 1.35 bits per heavy atom. The van der Waals surface area contributed by atoms with E-state index in [9.17, 15) is 9.90 Å². The van der Waals surface area contributed by atoms with Gasteiger partial charge >= 0.3 is 5.97 Å². The van der Waals surface area contributed by atoms with Gasteiger partial charge in [0.05, 0.1) is 13.2 Å². The zero-order valence-corrected chi connectivity index (χ0v) is 13.6. The second kappa shape index (κ2) is 7.33. The lowest BCUT2D eigenvalue weighted by atomic mass is 10.0. The fourth-order valence-corrected chi connectivity index (χ4v) is 2.28. The average Bonchev–Trinajstić information content (AvgIpc) is 2.35. The maximum Gasteiger partial charge on any atom is 0.331 e. The second-order valence-electron chi connectivity index (χ2n) is 4.56. The lowest BCUT2D eigenvalue weighted by Crippen LogP contribution is -2.08. The van der Waals surface area contributed by atoms with Crippen LogP contribution in [0.3, 0.4) is 0 Å². The molecule has 0 aliphatic carbocycles. The smallest absolute Gasteiger partial charge is 0.331 e. The van der Waals surface area contributed by atoms with Gasteiger partial charge in [-0.2, -0.15) is 0 Å². The predicted molar refractivity (Wildman–Crippen MR) is 82.3 cm³/mol. The molecule has 0 radical (unpaired) electrons. The molecule has 5 heteroatoms. The molecule has 4 nitrogen and oxygen atoms in total. The van der Waals surface area contributed by atoms with Gasteiger partial charge < -0.3 is 14.6 Å². The third-order valence-electron chi connectivity index (χ3n) is 2.56. The number of alkyl halides is 1. The summed E-state index contributed by atoms with van der Waals surface area (Å²) in [7, 11) is 1.49. The molecule has 0 spiro atoms. The highest BCUT2D eigenvalue weighted by Crippen LogP contribution is 2.40. The van der Waals surface area contributed by atoms with Crippen molar-refractivity contribution < 1.29 is 19.4 Å². The number of ether oxygens (including phenoxy) is 2. The molecule has 0 saturated heterocycles. The Kier molecular flexibility index (Phi) is 6.07. The van der Waals surface area contributed by atoms with Gasteiger partial charge in [-0.15, -0.1) is 0 Å². The Labute approximate surface area is 127 Å². The third kappa shape index (κ3) is 4.27. The van der Waals surface area contributed by atoms with E-state index in [4.69, 9.17) is 9.47 Å². The molecule has 0 amide bonds. The normalized spacial score (nSPS) is 12.7. The molecule has 0 bridgehead atoms. The fraction of sp³-hybridized carbons (Fsp3) is 0.400. The number of rotatable bonds is 5. The minimum atomic E-state index is -0.403. The standard InChI is InChI=1S/C15H19BrO4/c1-9(2)20-13(18)8-6-11-5-7-12(17)15(19-4)14(11)10(3)16/h5-10,17H,1-4H3. The van der Waals surface area contributed by atoms with Crippen LogP contribution in [0.4, 0.5) is 0 Å². The van der Waals surface area contributed by atoms with Crippen molar-refractivity contribution in [2.45, 2.75) is 31.7 Å². The Hall–Kier alpha value is -1.49. The van der Waals surface area contributed by atoms with Crippen LogP contribution >= 0.6 is 15.9 Å². The first-order valence-electron chi connectivity index (χ1n) is 6.29. The lowest BCUT2D eigenvalue weighted by Gasteiger charge is -2.15. The van der Waals surface area contributed by atoms with Crippen molar-refractivity contribution in [1.82, 2.24) is 0 Å². The van der Waals surface area contributed by atoms with Gasteiger partial charge in [0.15, 0.2) is 11.5 Å². The number of benzene rings is 1. The van der Waals surface area contributed by atoms with E-state index in [1.54, 1.807) is 26.0 Å². The van der Waals surface area contributed by atoms with Gasteiger partial charge in [-0.25, -0.2) is 4.79 Å². The Bertz CT molecular complexity index is 507. The number of carbonyl (C=O) groups is 1. The van der Waals surface area contributed by atoms with Gasteiger partial charge in [-0.05, 0) is 38.5 Å². The summed E-state index contributed by atoms with van der Waals surface area (Å²) in [4.78, 5) is 11.5. The van der Waals surface area contributed by atoms with Crippen molar-refractivity contribution in [1.29, 1.82) is 0 Å². The first-order chi connectivity index (χ1) is 9.36. The number of hydrogen-bond donors (Lipinski definition) is 1. The lowest BCUT2D eigenvalue weighted by molar-refractivity contribution is -0.141. The summed E-state index contributed by atoms with van der Waals surface area (Å²) in [6.45, 7) is 5.50. The van der Waals surface area contributed by atoms with Crippen LogP contribution < -0.4 is 4.74 Å². The molecule has 1 atom stereocenters. The number of halogens is 1. The fourth-order valence-electron chi connectivity index (χ4n) is 1.80. The quantitative estimate of drug-likeness (QED) is 0.502. The third-order valence-corrected chi connectivity index (χ3v) is 3.02. The Balaban J connectivity index is 3.12. The number of phenols is 1. The molecule has 0 saturated carbocycles. The molecule has 1 aromatic rings. The van der Waals surface area contributed by atoms with Crippen molar-refractivity contribution in [2.24, 2.45) is 0 Å². The predicted octanol–water partition coefficient (Wildman–Crippen LogP) is 3.82. The van der Waals surface area contributed by atoms with Gasteiger partial charge in [0.25, 0.3) is 0 Å². The van der Waals surface area contributed by atoms with Crippen LogP contribution in [0.25, 0.3) is 6.08 Å². The number of hydrogen-bond acceptors (Lipinski definition) is 4. The van der Waals surface area contributed by atoms with Crippen LogP contribution in [0, 0.1) is 0 Å². The number of aromatic hydroxyl groups is 1. The first-order valence-corrected chi connectivity index (χ1v) is 7.21. The number of esters is 1. The minimum absolute atomic E-state index is 0.0367. The summed E-state index contributed by atoms with van der Waals surface area (Å²) in [5.41, 5.74) is 1.56. The van der Waals surface area contributed by atoms with E-state index in [1.165, 1.54) is 19.3 Å². The van der Waals surface area contributed by atoms with E-state index in [1.807, 2.05) is 6.92 Å². The molecule has 0 heterocycles. The van der Waals surface area contributed by atoms with E-state index in [-0.39, 0.29) is 16.7 Å². The largest absolute Gasteiger partial charge is 0.504 e. The molecule has 110 valence electrons. The topological polar surface area (TPSA) is 55.8 Å². The van der Waals surface area contributed by atoms with Crippen LogP contribution in [0.2, 0.25) is 0 Å². The number of phenolic OH excluding ortho intramolecular Hbond substituents is 1. The average molecular weight is 343 g/mol. The van der Waals surface area contributed by atoms with E-state index < -0.39 is 5.97 Å². The summed E-state index contributed by atoms with van der Waals surface area (Å²) in [5.74, 6) is 0.0599. The molecule has 1 unspecified atom stereocenters. The maximum atomic E-state index is 11.5. The molecule has 0 aromatic heterocycles. The van der Waals surface area contributed by atoms with Gasteiger partial charge in [0.2, 0.25) is 0 Å². The van der Waals surface area contributed by atoms with Crippen LogP contribution in [-0.4, -0.2) is 24.3 Å². The molecule has 0 aliphatic rings. The highest BCUT2D eigenvalue weighted by Gasteiger charge is 2.16. The molecule has 20 heavy (non-hydrogen) atoms. The van der Waals surface area contributed by atoms with Gasteiger partial charge in [0.1, 0.15) is 0 Å². The van der Waals surface area contributed by atoms with Crippen molar-refractivity contribution in [3.05, 3.63) is 29.3 Å². The van der Waals surface area contributed by atoms with Crippen LogP contribution in [0.1, 0.15) is 36.7 Å². The summed E-state index contributed by atoms with van der Waals surface area (Å²) in [6, 6.07) is 3.26. The molecule has 0 aliphatic heterocycles. The highest BCUT2D eigenvalue weighted by molar-refractivity contribution is 9.09. The van der Waals surface area contributed by atoms with Gasteiger partial charge in [0, 0.05) is 16.5 Å². The van der Waals surface area contributed by atoms with E-state index >= 15 is 0 Å². The Morgan fingerprint density at radius 2 is 2.00 bits per heavy atom. The van der Waals surface area contributed by atoms with E-state index in [2.05, 4.69) is 15.9 Å². The van der Waals surface area contributed by atoms with Gasteiger partial charge in [-0.3, -0.25) is 0 Å². The Morgan fingerprint density at radius 3 is 2.50 bits per heavy atom. The summed E-state index contributed by atoms with van der Waals surface area (Å²) in [5, 5.41) is 9.80. The zero-order valence-electron chi connectivity index (χ0n) is 12.0. The molecule has 0 fully saturated rings. The number of methoxy groups -OCH3 is 1. The molecule has 1 rings (SSSR count). The SMILES string of the molecule is COc1c(O)ccc(C=CC(=O)OC(C)C)c1C(C)Br. The monoisotopic (exact) mass is 342 g/mol. The van der Waals surface area contributed by atoms with Crippen LogP contribution in [-0.2, 0) is 9.53 Å². The second-order valence-corrected chi connectivity index (χ2v) is 5.93. The maximum absolute atomic E-state index is 11.5. The van der Waals surface area contributed by atoms with Crippen molar-refractivity contribution in [2.75, 3.05) is 7.11 Å². The van der Waals surface area contributed by atoms with E-state index in [0.717, 1.165) is 11.1 Å². The van der Waals surface area contributed by atoms with E-state index in [0.29, 0.717) is 5.75 Å². The molecule has 1 N–H and O–H groups in total. The summed E-state index contributed by atoms with van der Waals surface area (Å²) in [6.07, 6.45) is 2.86.